The summed E-state index contributed by atoms with van der Waals surface area (Å²) in [7, 11) is 3.03. The maximum Gasteiger partial charge on any atom is 0.257 e. The van der Waals surface area contributed by atoms with Crippen molar-refractivity contribution in [1.82, 2.24) is 5.32 Å². The highest BCUT2D eigenvalue weighted by Gasteiger charge is 2.12. The SMILES string of the molecule is CNC(=O)COc1c(Br)cc(CO)cc1OC. The van der Waals surface area contributed by atoms with Gasteiger partial charge in [0, 0.05) is 7.05 Å². The van der Waals surface area contributed by atoms with Gasteiger partial charge in [-0.1, -0.05) is 0 Å². The summed E-state index contributed by atoms with van der Waals surface area (Å²) in [6, 6.07) is 3.37. The number of hydrogen-bond donors (Lipinski definition) is 2. The summed E-state index contributed by atoms with van der Waals surface area (Å²) in [5.74, 6) is 0.672. The second-order valence-electron chi connectivity index (χ2n) is 3.23. The second kappa shape index (κ2) is 6.46. The van der Waals surface area contributed by atoms with E-state index in [0.29, 0.717) is 21.5 Å². The zero-order chi connectivity index (χ0) is 12.8. The standard InChI is InChI=1S/C11H14BrNO4/c1-13-10(15)6-17-11-8(12)3-7(5-14)4-9(11)16-2/h3-4,14H,5-6H2,1-2H3,(H,13,15). The normalized spacial score (nSPS) is 9.88. The number of nitrogens with one attached hydrogen (secondary N) is 1. The molecule has 6 heteroatoms. The molecule has 0 saturated heterocycles. The predicted octanol–water partition coefficient (Wildman–Crippen LogP) is 1.07. The number of rotatable bonds is 5. The molecule has 1 amide bonds. The smallest absolute Gasteiger partial charge is 0.257 e. The number of aliphatic hydroxyl groups excluding tert-OH is 1. The molecule has 0 atom stereocenters. The largest absolute Gasteiger partial charge is 0.493 e. The summed E-state index contributed by atoms with van der Waals surface area (Å²) in [4.78, 5) is 11.1. The van der Waals surface area contributed by atoms with Crippen molar-refractivity contribution in [3.8, 4) is 11.5 Å². The average molecular weight is 304 g/mol. The maximum absolute atomic E-state index is 11.1. The molecule has 0 unspecified atom stereocenters. The van der Waals surface area contributed by atoms with Crippen LogP contribution in [0.5, 0.6) is 11.5 Å². The first-order valence-electron chi connectivity index (χ1n) is 4.93. The Hall–Kier alpha value is -1.27. The molecule has 17 heavy (non-hydrogen) atoms. The molecule has 0 spiro atoms. The molecule has 1 aromatic rings. The quantitative estimate of drug-likeness (QED) is 0.854. The van der Waals surface area contributed by atoms with Crippen molar-refractivity contribution >= 4 is 21.8 Å². The lowest BCUT2D eigenvalue weighted by atomic mass is 10.2. The Kier molecular flexibility index (Phi) is 5.24. The summed E-state index contributed by atoms with van der Waals surface area (Å²) in [6.07, 6.45) is 0. The van der Waals surface area contributed by atoms with Crippen LogP contribution >= 0.6 is 15.9 Å². The second-order valence-corrected chi connectivity index (χ2v) is 4.08. The van der Waals surface area contributed by atoms with E-state index in [4.69, 9.17) is 14.6 Å². The Morgan fingerprint density at radius 2 is 2.24 bits per heavy atom. The number of likely N-dealkylation sites (N-methyl/N-ethyl adjacent to an activating group) is 1. The third-order valence-corrected chi connectivity index (χ3v) is 2.69. The van der Waals surface area contributed by atoms with Crippen LogP contribution < -0.4 is 14.8 Å². The van der Waals surface area contributed by atoms with Gasteiger partial charge >= 0.3 is 0 Å². The fourth-order valence-electron chi connectivity index (χ4n) is 1.21. The average Bonchev–Trinajstić information content (AvgIpc) is 2.35. The topological polar surface area (TPSA) is 67.8 Å². The molecule has 0 aliphatic heterocycles. The van der Waals surface area contributed by atoms with Crippen LogP contribution in [0.4, 0.5) is 0 Å². The fourth-order valence-corrected chi connectivity index (χ4v) is 1.82. The highest BCUT2D eigenvalue weighted by atomic mass is 79.9. The van der Waals surface area contributed by atoms with Crippen molar-refractivity contribution in [3.05, 3.63) is 22.2 Å². The van der Waals surface area contributed by atoms with Gasteiger partial charge < -0.3 is 19.9 Å². The summed E-state index contributed by atoms with van der Waals surface area (Å²) < 4.78 is 11.1. The van der Waals surface area contributed by atoms with Crippen molar-refractivity contribution in [1.29, 1.82) is 0 Å². The molecule has 0 radical (unpaired) electrons. The Balaban J connectivity index is 2.93. The molecule has 1 aromatic carbocycles. The molecule has 94 valence electrons. The zero-order valence-electron chi connectivity index (χ0n) is 9.62. The van der Waals surface area contributed by atoms with Gasteiger partial charge in [-0.2, -0.15) is 0 Å². The van der Waals surface area contributed by atoms with E-state index in [2.05, 4.69) is 21.2 Å². The fraction of sp³-hybridized carbons (Fsp3) is 0.364. The van der Waals surface area contributed by atoms with Crippen molar-refractivity contribution in [3.63, 3.8) is 0 Å². The maximum atomic E-state index is 11.1. The molecular weight excluding hydrogens is 290 g/mol. The van der Waals surface area contributed by atoms with Crippen LogP contribution in [0.3, 0.4) is 0 Å². The number of ether oxygens (including phenoxy) is 2. The van der Waals surface area contributed by atoms with E-state index in [-0.39, 0.29) is 19.1 Å². The molecule has 2 N–H and O–H groups in total. The first kappa shape index (κ1) is 13.8. The number of methoxy groups -OCH3 is 1. The summed E-state index contributed by atoms with van der Waals surface area (Å²) >= 11 is 3.30. The third-order valence-electron chi connectivity index (χ3n) is 2.10. The van der Waals surface area contributed by atoms with E-state index in [1.165, 1.54) is 14.2 Å². The first-order valence-corrected chi connectivity index (χ1v) is 5.72. The molecule has 5 nitrogen and oxygen atoms in total. The molecule has 0 saturated carbocycles. The van der Waals surface area contributed by atoms with E-state index in [1.807, 2.05) is 0 Å². The van der Waals surface area contributed by atoms with Crippen LogP contribution in [-0.2, 0) is 11.4 Å². The number of carbonyl (C=O) groups excluding carboxylic acids is 1. The number of carbonyl (C=O) groups is 1. The minimum Gasteiger partial charge on any atom is -0.493 e. The van der Waals surface area contributed by atoms with Crippen LogP contribution in [0.1, 0.15) is 5.56 Å². The van der Waals surface area contributed by atoms with Crippen molar-refractivity contribution in [2.45, 2.75) is 6.61 Å². The molecule has 0 aliphatic rings. The molecule has 0 aliphatic carbocycles. The number of hydrogen-bond acceptors (Lipinski definition) is 4. The molecule has 0 fully saturated rings. The highest BCUT2D eigenvalue weighted by Crippen LogP contribution is 2.36. The van der Waals surface area contributed by atoms with Crippen molar-refractivity contribution in [2.24, 2.45) is 0 Å². The third kappa shape index (κ3) is 3.61. The predicted molar refractivity (Wildman–Crippen MR) is 66.2 cm³/mol. The van der Waals surface area contributed by atoms with Gasteiger partial charge in [-0.25, -0.2) is 0 Å². The van der Waals surface area contributed by atoms with E-state index in [9.17, 15) is 4.79 Å². The van der Waals surface area contributed by atoms with E-state index in [0.717, 1.165) is 0 Å². The molecule has 0 heterocycles. The summed E-state index contributed by atoms with van der Waals surface area (Å²) in [5, 5.41) is 11.5. The van der Waals surface area contributed by atoms with Crippen molar-refractivity contribution < 1.29 is 19.4 Å². The van der Waals surface area contributed by atoms with E-state index < -0.39 is 0 Å². The lowest BCUT2D eigenvalue weighted by molar-refractivity contribution is -0.122. The first-order chi connectivity index (χ1) is 8.12. The van der Waals surface area contributed by atoms with Gasteiger partial charge in [0.1, 0.15) is 0 Å². The van der Waals surface area contributed by atoms with Crippen LogP contribution in [0.2, 0.25) is 0 Å². The van der Waals surface area contributed by atoms with Crippen LogP contribution in [0, 0.1) is 0 Å². The van der Waals surface area contributed by atoms with Gasteiger partial charge in [0.15, 0.2) is 18.1 Å². The highest BCUT2D eigenvalue weighted by molar-refractivity contribution is 9.10. The lowest BCUT2D eigenvalue weighted by Gasteiger charge is -2.13. The van der Waals surface area contributed by atoms with Gasteiger partial charge in [-0.15, -0.1) is 0 Å². The summed E-state index contributed by atoms with van der Waals surface area (Å²) in [5.41, 5.74) is 0.695. The number of aliphatic hydroxyl groups is 1. The van der Waals surface area contributed by atoms with Crippen LogP contribution in [0.25, 0.3) is 0 Å². The Labute approximate surface area is 108 Å². The zero-order valence-corrected chi connectivity index (χ0v) is 11.2. The molecule has 1 rings (SSSR count). The monoisotopic (exact) mass is 303 g/mol. The van der Waals surface area contributed by atoms with Crippen molar-refractivity contribution in [2.75, 3.05) is 20.8 Å². The molecule has 0 bridgehead atoms. The number of halogens is 1. The van der Waals surface area contributed by atoms with Crippen LogP contribution in [-0.4, -0.2) is 31.8 Å². The van der Waals surface area contributed by atoms with Gasteiger partial charge in [0.2, 0.25) is 0 Å². The number of benzene rings is 1. The van der Waals surface area contributed by atoms with Crippen LogP contribution in [0.15, 0.2) is 16.6 Å². The minimum atomic E-state index is -0.231. The number of amides is 1. The van der Waals surface area contributed by atoms with Gasteiger partial charge in [-0.05, 0) is 33.6 Å². The van der Waals surface area contributed by atoms with Gasteiger partial charge in [0.25, 0.3) is 5.91 Å². The lowest BCUT2D eigenvalue weighted by Crippen LogP contribution is -2.25. The molecule has 0 aromatic heterocycles. The Bertz CT molecular complexity index is 409. The van der Waals surface area contributed by atoms with E-state index >= 15 is 0 Å². The Morgan fingerprint density at radius 1 is 1.53 bits per heavy atom. The molecular formula is C11H14BrNO4. The van der Waals surface area contributed by atoms with E-state index in [1.54, 1.807) is 12.1 Å². The minimum absolute atomic E-state index is 0.0926. The Morgan fingerprint density at radius 3 is 2.76 bits per heavy atom. The summed E-state index contributed by atoms with van der Waals surface area (Å²) in [6.45, 7) is -0.186. The van der Waals surface area contributed by atoms with Gasteiger partial charge in [-0.3, -0.25) is 4.79 Å². The van der Waals surface area contributed by atoms with Gasteiger partial charge in [0.05, 0.1) is 18.2 Å².